The molecule has 1 aliphatic heterocycles. The fourth-order valence-corrected chi connectivity index (χ4v) is 4.84. The topological polar surface area (TPSA) is 132 Å². The van der Waals surface area contributed by atoms with Crippen molar-refractivity contribution in [1.82, 2.24) is 19.4 Å². The molecular formula is C30H30N6O4. The number of ether oxygens (including phenoxy) is 1. The zero-order valence-electron chi connectivity index (χ0n) is 22.1. The molecule has 204 valence electrons. The molecule has 0 saturated carbocycles. The number of nitrogens with one attached hydrogen (secondary N) is 1. The molecule has 2 aromatic heterocycles. The molecule has 0 bridgehead atoms. The maximum atomic E-state index is 13.3. The van der Waals surface area contributed by atoms with Gasteiger partial charge in [0.15, 0.2) is 6.61 Å². The molecule has 0 unspecified atom stereocenters. The van der Waals surface area contributed by atoms with E-state index in [-0.39, 0.29) is 35.7 Å². The van der Waals surface area contributed by atoms with Crippen LogP contribution in [-0.4, -0.2) is 56.9 Å². The molecule has 3 amide bonds. The summed E-state index contributed by atoms with van der Waals surface area (Å²) in [6.45, 7) is 2.73. The van der Waals surface area contributed by atoms with Gasteiger partial charge in [-0.2, -0.15) is 0 Å². The highest BCUT2D eigenvalue weighted by Gasteiger charge is 2.28. The first-order valence-corrected chi connectivity index (χ1v) is 13.1. The molecule has 10 heteroatoms. The second kappa shape index (κ2) is 11.8. The SMILES string of the molecule is Cc1ccc(C(=O)Nc2ccc(-n3ccnc3)cc2)c(C2CCN(C(=O)COc3ccccc3C(N)=O)CC2)n1. The molecule has 5 rings (SSSR count). The minimum atomic E-state index is -0.610. The normalized spacial score (nSPS) is 13.6. The molecular weight excluding hydrogens is 508 g/mol. The van der Waals surface area contributed by atoms with Crippen LogP contribution < -0.4 is 15.8 Å². The van der Waals surface area contributed by atoms with Gasteiger partial charge in [0.25, 0.3) is 17.7 Å². The van der Waals surface area contributed by atoms with E-state index in [0.717, 1.165) is 17.1 Å². The molecule has 2 aromatic carbocycles. The van der Waals surface area contributed by atoms with Crippen molar-refractivity contribution in [3.63, 3.8) is 0 Å². The minimum Gasteiger partial charge on any atom is -0.483 e. The van der Waals surface area contributed by atoms with Crippen LogP contribution in [0.2, 0.25) is 0 Å². The zero-order chi connectivity index (χ0) is 28.1. The van der Waals surface area contributed by atoms with Crippen LogP contribution in [0.15, 0.2) is 79.4 Å². The Morgan fingerprint density at radius 2 is 1.75 bits per heavy atom. The van der Waals surface area contributed by atoms with Crippen LogP contribution in [0.5, 0.6) is 5.75 Å². The number of benzene rings is 2. The van der Waals surface area contributed by atoms with Gasteiger partial charge in [-0.05, 0) is 68.3 Å². The van der Waals surface area contributed by atoms with E-state index in [1.165, 1.54) is 0 Å². The van der Waals surface area contributed by atoms with Crippen molar-refractivity contribution in [2.45, 2.75) is 25.7 Å². The number of para-hydroxylation sites is 1. The summed E-state index contributed by atoms with van der Waals surface area (Å²) in [7, 11) is 0. The van der Waals surface area contributed by atoms with Crippen LogP contribution in [0.3, 0.4) is 0 Å². The van der Waals surface area contributed by atoms with E-state index in [2.05, 4.69) is 10.3 Å². The molecule has 4 aromatic rings. The van der Waals surface area contributed by atoms with Gasteiger partial charge in [-0.1, -0.05) is 12.1 Å². The maximum absolute atomic E-state index is 13.3. The summed E-state index contributed by atoms with van der Waals surface area (Å²) in [5, 5.41) is 2.98. The van der Waals surface area contributed by atoms with Gasteiger partial charge in [-0.25, -0.2) is 4.98 Å². The average Bonchev–Trinajstić information content (AvgIpc) is 3.51. The second-order valence-electron chi connectivity index (χ2n) is 9.66. The Hall–Kier alpha value is -4.99. The van der Waals surface area contributed by atoms with E-state index in [9.17, 15) is 14.4 Å². The van der Waals surface area contributed by atoms with Crippen LogP contribution in [0.25, 0.3) is 5.69 Å². The third-order valence-electron chi connectivity index (χ3n) is 6.97. The quantitative estimate of drug-likeness (QED) is 0.351. The third kappa shape index (κ3) is 6.01. The van der Waals surface area contributed by atoms with Crippen LogP contribution in [0.4, 0.5) is 5.69 Å². The lowest BCUT2D eigenvalue weighted by molar-refractivity contribution is -0.134. The highest BCUT2D eigenvalue weighted by atomic mass is 16.5. The number of anilines is 1. The van der Waals surface area contributed by atoms with Crippen LogP contribution in [-0.2, 0) is 4.79 Å². The van der Waals surface area contributed by atoms with Crippen LogP contribution >= 0.6 is 0 Å². The lowest BCUT2D eigenvalue weighted by atomic mass is 9.89. The molecule has 40 heavy (non-hydrogen) atoms. The number of pyridine rings is 1. The first-order chi connectivity index (χ1) is 19.4. The number of nitrogens with two attached hydrogens (primary N) is 1. The first-order valence-electron chi connectivity index (χ1n) is 13.1. The number of piperidine rings is 1. The Morgan fingerprint density at radius 1 is 1.00 bits per heavy atom. The lowest BCUT2D eigenvalue weighted by Crippen LogP contribution is -2.41. The van der Waals surface area contributed by atoms with E-state index in [1.54, 1.807) is 41.7 Å². The van der Waals surface area contributed by atoms with Crippen molar-refractivity contribution in [3.05, 3.63) is 102 Å². The molecule has 3 heterocycles. The molecule has 1 aliphatic rings. The summed E-state index contributed by atoms with van der Waals surface area (Å²) in [5.41, 5.74) is 9.35. The molecule has 1 saturated heterocycles. The van der Waals surface area contributed by atoms with Gasteiger partial charge in [0.2, 0.25) is 0 Å². The summed E-state index contributed by atoms with van der Waals surface area (Å²) < 4.78 is 7.50. The van der Waals surface area contributed by atoms with Crippen LogP contribution in [0.1, 0.15) is 50.9 Å². The molecule has 0 spiro atoms. The number of rotatable bonds is 8. The number of carbonyl (C=O) groups excluding carboxylic acids is 3. The number of hydrogen-bond donors (Lipinski definition) is 2. The highest BCUT2D eigenvalue weighted by Crippen LogP contribution is 2.30. The van der Waals surface area contributed by atoms with Gasteiger partial charge in [0, 0.05) is 48.5 Å². The number of aromatic nitrogens is 3. The fraction of sp³-hybridized carbons (Fsp3) is 0.233. The Bertz CT molecular complexity index is 1510. The summed E-state index contributed by atoms with van der Waals surface area (Å²) in [5.74, 6) is -0.690. The fourth-order valence-electron chi connectivity index (χ4n) is 4.84. The van der Waals surface area contributed by atoms with Gasteiger partial charge < -0.3 is 25.3 Å². The van der Waals surface area contributed by atoms with Crippen molar-refractivity contribution < 1.29 is 19.1 Å². The smallest absolute Gasteiger partial charge is 0.260 e. The second-order valence-corrected chi connectivity index (χ2v) is 9.66. The molecule has 0 aliphatic carbocycles. The Kier molecular flexibility index (Phi) is 7.86. The zero-order valence-corrected chi connectivity index (χ0v) is 22.1. The molecule has 1 fully saturated rings. The number of nitrogens with zero attached hydrogens (tertiary/aromatic N) is 4. The Labute approximate surface area is 231 Å². The largest absolute Gasteiger partial charge is 0.483 e. The first kappa shape index (κ1) is 26.6. The van der Waals surface area contributed by atoms with Crippen LogP contribution in [0, 0.1) is 6.92 Å². The van der Waals surface area contributed by atoms with E-state index >= 15 is 0 Å². The van der Waals surface area contributed by atoms with E-state index in [0.29, 0.717) is 37.2 Å². The number of amides is 3. The van der Waals surface area contributed by atoms with Crippen molar-refractivity contribution in [3.8, 4) is 11.4 Å². The lowest BCUT2D eigenvalue weighted by Gasteiger charge is -2.32. The van der Waals surface area contributed by atoms with Gasteiger partial charge in [-0.3, -0.25) is 19.4 Å². The predicted molar refractivity (Wildman–Crippen MR) is 150 cm³/mol. The molecule has 0 radical (unpaired) electrons. The van der Waals surface area contributed by atoms with Gasteiger partial charge in [0.1, 0.15) is 5.75 Å². The van der Waals surface area contributed by atoms with Gasteiger partial charge in [0.05, 0.1) is 23.1 Å². The van der Waals surface area contributed by atoms with Crippen molar-refractivity contribution >= 4 is 23.4 Å². The number of imidazole rings is 1. The van der Waals surface area contributed by atoms with Crippen molar-refractivity contribution in [2.24, 2.45) is 5.73 Å². The highest BCUT2D eigenvalue weighted by molar-refractivity contribution is 6.05. The molecule has 0 atom stereocenters. The van der Waals surface area contributed by atoms with Crippen molar-refractivity contribution in [2.75, 3.05) is 25.0 Å². The summed E-state index contributed by atoms with van der Waals surface area (Å²) in [6, 6.07) is 17.8. The van der Waals surface area contributed by atoms with E-state index in [1.807, 2.05) is 54.1 Å². The van der Waals surface area contributed by atoms with E-state index < -0.39 is 5.91 Å². The summed E-state index contributed by atoms with van der Waals surface area (Å²) in [6.07, 6.45) is 6.61. The standard InChI is InChI=1S/C30H30N6O4/c1-20-6-11-25(30(39)34-22-7-9-23(10-8-22)36-17-14-32-19-36)28(33-20)21-12-15-35(16-13-21)27(37)18-40-26-5-3-2-4-24(26)29(31)38/h2-11,14,17,19,21H,12-13,15-16,18H2,1H3,(H2,31,38)(H,34,39). The maximum Gasteiger partial charge on any atom is 0.260 e. The summed E-state index contributed by atoms with van der Waals surface area (Å²) >= 11 is 0. The van der Waals surface area contributed by atoms with E-state index in [4.69, 9.17) is 15.5 Å². The number of aryl methyl sites for hydroxylation is 1. The van der Waals surface area contributed by atoms with Gasteiger partial charge >= 0.3 is 0 Å². The van der Waals surface area contributed by atoms with Gasteiger partial charge in [-0.15, -0.1) is 0 Å². The molecule has 3 N–H and O–H groups in total. The number of primary amides is 1. The Morgan fingerprint density at radius 3 is 2.45 bits per heavy atom. The number of likely N-dealkylation sites (tertiary alicyclic amines) is 1. The monoisotopic (exact) mass is 538 g/mol. The number of carbonyl (C=O) groups is 3. The third-order valence-corrected chi connectivity index (χ3v) is 6.97. The minimum absolute atomic E-state index is 0.0322. The summed E-state index contributed by atoms with van der Waals surface area (Å²) in [4.78, 5) is 48.3. The van der Waals surface area contributed by atoms with Crippen molar-refractivity contribution in [1.29, 1.82) is 0 Å². The molecule has 10 nitrogen and oxygen atoms in total. The number of hydrogen-bond acceptors (Lipinski definition) is 6. The Balaban J connectivity index is 1.21. The predicted octanol–water partition coefficient (Wildman–Crippen LogP) is 3.71. The average molecular weight is 539 g/mol.